The van der Waals surface area contributed by atoms with Crippen molar-refractivity contribution in [2.75, 3.05) is 13.2 Å². The van der Waals surface area contributed by atoms with Crippen LogP contribution in [0.4, 0.5) is 0 Å². The average molecular weight is 804 g/mol. The zero-order valence-corrected chi connectivity index (χ0v) is 30.6. The van der Waals surface area contributed by atoms with E-state index in [2.05, 4.69) is 0 Å². The van der Waals surface area contributed by atoms with Crippen molar-refractivity contribution in [2.24, 2.45) is 5.73 Å². The van der Waals surface area contributed by atoms with Gasteiger partial charge in [-0.05, 0) is 32.1 Å². The fourth-order valence-electron chi connectivity index (χ4n) is 5.94. The minimum Gasteiger partial charge on any atom is -0.507 e. The number of Topliss-reactive ketones (excluding diaryl/α,β-unsaturated/α-hetero) is 1. The summed E-state index contributed by atoms with van der Waals surface area (Å²) in [5.41, 5.74) is 4.67. The number of halogens is 2. The van der Waals surface area contributed by atoms with Crippen LogP contribution in [-0.4, -0.2) is 151 Å². The van der Waals surface area contributed by atoms with Crippen LogP contribution in [0.2, 0.25) is 0 Å². The number of allylic oxidation sites excluding steroid dienone is 12. The lowest BCUT2D eigenvalue weighted by atomic mass is 10.0. The second-order valence-corrected chi connectivity index (χ2v) is 13.8. The summed E-state index contributed by atoms with van der Waals surface area (Å²) in [6.45, 7) is 2.15. The van der Waals surface area contributed by atoms with E-state index in [1.807, 2.05) is 0 Å². The minimum atomic E-state index is -1.89. The number of amides is 2. The lowest BCUT2D eigenvalue weighted by molar-refractivity contribution is -0.338. The summed E-state index contributed by atoms with van der Waals surface area (Å²) in [4.78, 5) is 40.1. The van der Waals surface area contributed by atoms with E-state index in [-0.39, 0.29) is 0 Å². The SMILES string of the molecule is C/C(Cl)=C/C(Cl)=C/C=C/C=C/C=C/C=C/C(O)=C1/C(=O)[C@H](CC(N)=O)N([C@@H]2OC[C@H](O)[C@H](O)[C@H]2O[C@@H]2OC[C@@H](O[C@@H]3O[C@H](C)[C@H](O)[C@H]3O)[C@H](O)[C@@H]2O)C1=O. The molecule has 298 valence electrons. The molecule has 4 fully saturated rings. The molecule has 0 bridgehead atoms. The first-order chi connectivity index (χ1) is 25.5. The summed E-state index contributed by atoms with van der Waals surface area (Å²) in [6.07, 6.45) is -3.79. The van der Waals surface area contributed by atoms with Gasteiger partial charge in [0.1, 0.15) is 66.2 Å². The number of ether oxygens (including phenoxy) is 5. The number of nitrogens with two attached hydrogens (primary N) is 1. The van der Waals surface area contributed by atoms with E-state index in [9.17, 15) is 50.1 Å². The number of aliphatic hydroxyl groups excluding tert-OH is 7. The number of aliphatic hydroxyl groups is 7. The molecule has 54 heavy (non-hydrogen) atoms. The van der Waals surface area contributed by atoms with Gasteiger partial charge in [-0.3, -0.25) is 19.3 Å². The van der Waals surface area contributed by atoms with Crippen LogP contribution >= 0.6 is 23.2 Å². The highest BCUT2D eigenvalue weighted by atomic mass is 35.5. The Hall–Kier alpha value is -3.27. The monoisotopic (exact) mass is 802 g/mol. The molecule has 0 aromatic carbocycles. The standard InChI is InChI=1S/C35H44Cl2N2O15/c1-16(36)12-18(37)10-8-6-4-3-5-7-9-11-20(40)24-26(44)19(13-23(38)42)39(32(24)49)33-31(27(45)21(41)14-50-33)54-34-30(48)28(46)22(15-51-34)53-35-29(47)25(43)17(2)52-35/h3-12,17,19,21-22,25,27-31,33-35,40-41,43,45-48H,13-15H2,1-2H3,(H2,38,42)/b4-3+,7-5+,8-6+,11-9+,16-12-,18-10-,24-20+/t17-,19+,21+,22-,25+,27+,28+,29-,30+,31-,33-,34+,35+/m1/s1. The molecule has 0 unspecified atom stereocenters. The molecule has 0 aliphatic carbocycles. The van der Waals surface area contributed by atoms with Crippen molar-refractivity contribution in [3.8, 4) is 0 Å². The summed E-state index contributed by atoms with van der Waals surface area (Å²) >= 11 is 11.7. The maximum Gasteiger partial charge on any atom is 0.264 e. The van der Waals surface area contributed by atoms with Crippen molar-refractivity contribution in [2.45, 2.75) is 100 Å². The first-order valence-electron chi connectivity index (χ1n) is 16.8. The molecule has 0 radical (unpaired) electrons. The third kappa shape index (κ3) is 10.5. The fraction of sp³-hybridized carbons (Fsp3) is 0.514. The Morgan fingerprint density at radius 1 is 0.870 bits per heavy atom. The van der Waals surface area contributed by atoms with E-state index in [1.54, 1.807) is 49.5 Å². The van der Waals surface area contributed by atoms with Gasteiger partial charge in [-0.2, -0.15) is 0 Å². The zero-order valence-electron chi connectivity index (χ0n) is 29.1. The molecular formula is C35H44Cl2N2O15. The van der Waals surface area contributed by atoms with Gasteiger partial charge in [0.15, 0.2) is 24.6 Å². The quantitative estimate of drug-likeness (QED) is 0.0497. The zero-order chi connectivity index (χ0) is 39.9. The summed E-state index contributed by atoms with van der Waals surface area (Å²) < 4.78 is 27.9. The molecule has 4 aliphatic rings. The Bertz CT molecular complexity index is 1590. The summed E-state index contributed by atoms with van der Waals surface area (Å²) in [5.74, 6) is -3.88. The average Bonchev–Trinajstić information content (AvgIpc) is 3.49. The maximum absolute atomic E-state index is 13.8. The summed E-state index contributed by atoms with van der Waals surface area (Å²) in [6, 6.07) is -1.63. The predicted octanol–water partition coefficient (Wildman–Crippen LogP) is -0.663. The lowest BCUT2D eigenvalue weighted by Gasteiger charge is -2.46. The Kier molecular flexibility index (Phi) is 15.7. The summed E-state index contributed by atoms with van der Waals surface area (Å²) in [5, 5.41) is 75.0. The van der Waals surface area contributed by atoms with Gasteiger partial charge in [-0.25, -0.2) is 0 Å². The first-order valence-corrected chi connectivity index (χ1v) is 17.5. The number of ketones is 1. The van der Waals surface area contributed by atoms with Gasteiger partial charge >= 0.3 is 0 Å². The lowest BCUT2D eigenvalue weighted by Crippen LogP contribution is -2.65. The van der Waals surface area contributed by atoms with Gasteiger partial charge < -0.3 is 65.2 Å². The van der Waals surface area contributed by atoms with E-state index in [1.165, 1.54) is 19.1 Å². The topological polar surface area (TPSA) is 268 Å². The number of likely N-dealkylation sites (tertiary alicyclic amines) is 1. The van der Waals surface area contributed by atoms with Gasteiger partial charge in [0.2, 0.25) is 5.91 Å². The highest BCUT2D eigenvalue weighted by Gasteiger charge is 2.56. The highest BCUT2D eigenvalue weighted by molar-refractivity contribution is 6.34. The second-order valence-electron chi connectivity index (χ2n) is 12.8. The first kappa shape index (κ1) is 43.5. The van der Waals surface area contributed by atoms with Crippen molar-refractivity contribution in [3.63, 3.8) is 0 Å². The molecule has 0 aromatic heterocycles. The molecule has 0 saturated carbocycles. The molecule has 4 heterocycles. The third-order valence-electron chi connectivity index (χ3n) is 8.71. The molecule has 0 spiro atoms. The van der Waals surface area contributed by atoms with E-state index in [4.69, 9.17) is 52.6 Å². The highest BCUT2D eigenvalue weighted by Crippen LogP contribution is 2.35. The van der Waals surface area contributed by atoms with Crippen LogP contribution in [0.5, 0.6) is 0 Å². The van der Waals surface area contributed by atoms with Crippen LogP contribution in [0.3, 0.4) is 0 Å². The number of hydrogen-bond donors (Lipinski definition) is 8. The molecule has 2 amide bonds. The van der Waals surface area contributed by atoms with Crippen LogP contribution in [0.1, 0.15) is 20.3 Å². The van der Waals surface area contributed by atoms with Crippen molar-refractivity contribution in [3.05, 3.63) is 82.2 Å². The number of carbonyl (C=O) groups is 3. The Labute approximate surface area is 320 Å². The van der Waals surface area contributed by atoms with Gasteiger partial charge in [0, 0.05) is 10.1 Å². The number of carbonyl (C=O) groups excluding carboxylic acids is 3. The number of hydrogen-bond acceptors (Lipinski definition) is 15. The van der Waals surface area contributed by atoms with Gasteiger partial charge in [-0.1, -0.05) is 65.7 Å². The van der Waals surface area contributed by atoms with Crippen molar-refractivity contribution >= 4 is 40.8 Å². The van der Waals surface area contributed by atoms with E-state index >= 15 is 0 Å². The molecule has 19 heteroatoms. The molecule has 4 aliphatic heterocycles. The number of rotatable bonds is 13. The smallest absolute Gasteiger partial charge is 0.264 e. The van der Waals surface area contributed by atoms with E-state index in [0.29, 0.717) is 10.1 Å². The Balaban J connectivity index is 1.50. The predicted molar refractivity (Wildman–Crippen MR) is 189 cm³/mol. The Morgan fingerprint density at radius 3 is 2.11 bits per heavy atom. The molecule has 13 atom stereocenters. The van der Waals surface area contributed by atoms with Gasteiger partial charge in [0.25, 0.3) is 5.91 Å². The summed E-state index contributed by atoms with van der Waals surface area (Å²) in [7, 11) is 0. The minimum absolute atomic E-state index is 0.431. The second kappa shape index (κ2) is 19.5. The fourth-order valence-corrected chi connectivity index (χ4v) is 6.35. The van der Waals surface area contributed by atoms with Crippen LogP contribution < -0.4 is 5.73 Å². The molecule has 17 nitrogen and oxygen atoms in total. The maximum atomic E-state index is 13.8. The van der Waals surface area contributed by atoms with Crippen molar-refractivity contribution in [1.29, 1.82) is 0 Å². The molecule has 4 saturated heterocycles. The molecule has 9 N–H and O–H groups in total. The number of nitrogens with zero attached hydrogens (tertiary/aromatic N) is 1. The van der Waals surface area contributed by atoms with Gasteiger partial charge in [-0.15, -0.1) is 0 Å². The van der Waals surface area contributed by atoms with Crippen molar-refractivity contribution in [1.82, 2.24) is 4.90 Å². The third-order valence-corrected chi connectivity index (χ3v) is 9.06. The normalized spacial score (nSPS) is 38.3. The van der Waals surface area contributed by atoms with Crippen LogP contribution in [-0.2, 0) is 38.1 Å². The van der Waals surface area contributed by atoms with Crippen LogP contribution in [0.25, 0.3) is 0 Å². The largest absolute Gasteiger partial charge is 0.507 e. The molecule has 4 rings (SSSR count). The molecule has 0 aromatic rings. The number of primary amides is 1. The van der Waals surface area contributed by atoms with Crippen LogP contribution in [0.15, 0.2) is 82.2 Å². The van der Waals surface area contributed by atoms with Gasteiger partial charge in [0.05, 0.1) is 25.7 Å². The van der Waals surface area contributed by atoms with Crippen molar-refractivity contribution < 1.29 is 73.8 Å². The van der Waals surface area contributed by atoms with E-state index < -0.39 is 128 Å². The van der Waals surface area contributed by atoms with E-state index in [0.717, 1.165) is 11.0 Å². The Morgan fingerprint density at radius 2 is 1.50 bits per heavy atom. The van der Waals surface area contributed by atoms with Crippen LogP contribution in [0, 0.1) is 0 Å². The molecular weight excluding hydrogens is 759 g/mol.